The van der Waals surface area contributed by atoms with Gasteiger partial charge in [-0.3, -0.25) is 0 Å². The van der Waals surface area contributed by atoms with Crippen molar-refractivity contribution in [3.8, 4) is 11.6 Å². The molecular weight excluding hydrogens is 264 g/mol. The molecule has 1 fully saturated rings. The smallest absolute Gasteiger partial charge is 0.222 e. The van der Waals surface area contributed by atoms with Crippen LogP contribution in [0.15, 0.2) is 36.7 Å². The second-order valence-corrected chi connectivity index (χ2v) is 5.03. The normalized spacial score (nSPS) is 15.0. The summed E-state index contributed by atoms with van der Waals surface area (Å²) in [7, 11) is 0. The Hall–Kier alpha value is -2.14. The predicted molar refractivity (Wildman–Crippen MR) is 83.0 cm³/mol. The van der Waals surface area contributed by atoms with Gasteiger partial charge in [-0.1, -0.05) is 6.92 Å². The second kappa shape index (κ2) is 6.54. The molecule has 1 aliphatic rings. The van der Waals surface area contributed by atoms with Crippen molar-refractivity contribution in [3.63, 3.8) is 0 Å². The Morgan fingerprint density at radius 1 is 1.14 bits per heavy atom. The zero-order chi connectivity index (χ0) is 14.5. The average Bonchev–Trinajstić information content (AvgIpc) is 2.56. The molecule has 3 rings (SSSR count). The summed E-state index contributed by atoms with van der Waals surface area (Å²) in [6.45, 7) is 6.24. The van der Waals surface area contributed by atoms with Gasteiger partial charge in [0.25, 0.3) is 0 Å². The molecule has 2 aromatic rings. The van der Waals surface area contributed by atoms with Gasteiger partial charge < -0.3 is 15.0 Å². The summed E-state index contributed by atoms with van der Waals surface area (Å²) in [5.74, 6) is 1.39. The molecule has 0 aliphatic carbocycles. The lowest BCUT2D eigenvalue weighted by molar-refractivity contribution is 0.460. The van der Waals surface area contributed by atoms with E-state index in [9.17, 15) is 0 Å². The highest BCUT2D eigenvalue weighted by atomic mass is 16.5. The van der Waals surface area contributed by atoms with Gasteiger partial charge in [-0.05, 0) is 30.7 Å². The standard InChI is InChI=1S/C16H20N4O/c1-2-13-11-16(19-12-18-13)21-15-5-3-14(4-6-15)20-9-7-17-8-10-20/h3-6,11-12,17H,2,7-10H2,1H3. The van der Waals surface area contributed by atoms with Crippen molar-refractivity contribution >= 4 is 5.69 Å². The molecule has 0 spiro atoms. The molecular formula is C16H20N4O. The van der Waals surface area contributed by atoms with E-state index in [0.717, 1.165) is 44.0 Å². The van der Waals surface area contributed by atoms with Crippen LogP contribution in [0, 0.1) is 0 Å². The van der Waals surface area contributed by atoms with E-state index in [1.54, 1.807) is 6.33 Å². The summed E-state index contributed by atoms with van der Waals surface area (Å²) in [5.41, 5.74) is 2.22. The fraction of sp³-hybridized carbons (Fsp3) is 0.375. The average molecular weight is 284 g/mol. The van der Waals surface area contributed by atoms with E-state index in [2.05, 4.69) is 39.2 Å². The van der Waals surface area contributed by atoms with Gasteiger partial charge in [0, 0.05) is 43.6 Å². The summed E-state index contributed by atoms with van der Waals surface area (Å²) in [5, 5.41) is 3.36. The quantitative estimate of drug-likeness (QED) is 0.933. The summed E-state index contributed by atoms with van der Waals surface area (Å²) in [6.07, 6.45) is 2.42. The summed E-state index contributed by atoms with van der Waals surface area (Å²) < 4.78 is 5.78. The van der Waals surface area contributed by atoms with E-state index in [-0.39, 0.29) is 0 Å². The summed E-state index contributed by atoms with van der Waals surface area (Å²) in [4.78, 5) is 10.7. The van der Waals surface area contributed by atoms with Gasteiger partial charge in [0.15, 0.2) is 0 Å². The van der Waals surface area contributed by atoms with Crippen molar-refractivity contribution in [1.82, 2.24) is 15.3 Å². The zero-order valence-corrected chi connectivity index (χ0v) is 12.2. The highest BCUT2D eigenvalue weighted by molar-refractivity contribution is 5.49. The van der Waals surface area contributed by atoms with Gasteiger partial charge in [0.05, 0.1) is 0 Å². The molecule has 110 valence electrons. The van der Waals surface area contributed by atoms with Gasteiger partial charge in [-0.15, -0.1) is 0 Å². The number of benzene rings is 1. The Labute approximate surface area is 125 Å². The lowest BCUT2D eigenvalue weighted by atomic mass is 10.2. The van der Waals surface area contributed by atoms with Crippen LogP contribution in [0.3, 0.4) is 0 Å². The SMILES string of the molecule is CCc1cc(Oc2ccc(N3CCNCC3)cc2)ncn1. The fourth-order valence-electron chi connectivity index (χ4n) is 2.39. The number of hydrogen-bond donors (Lipinski definition) is 1. The van der Waals surface area contributed by atoms with Gasteiger partial charge in [0.2, 0.25) is 5.88 Å². The van der Waals surface area contributed by atoms with E-state index < -0.39 is 0 Å². The van der Waals surface area contributed by atoms with E-state index in [1.165, 1.54) is 5.69 Å². The highest BCUT2D eigenvalue weighted by Gasteiger charge is 2.10. The molecule has 1 aromatic carbocycles. The number of nitrogens with one attached hydrogen (secondary N) is 1. The minimum atomic E-state index is 0.594. The van der Waals surface area contributed by atoms with Crippen LogP contribution in [-0.2, 0) is 6.42 Å². The number of piperazine rings is 1. The third-order valence-corrected chi connectivity index (χ3v) is 3.60. The Bertz CT molecular complexity index is 579. The minimum Gasteiger partial charge on any atom is -0.439 e. The molecule has 0 atom stereocenters. The van der Waals surface area contributed by atoms with Crippen molar-refractivity contribution in [3.05, 3.63) is 42.4 Å². The predicted octanol–water partition coefficient (Wildman–Crippen LogP) is 2.24. The van der Waals surface area contributed by atoms with Crippen LogP contribution in [0.5, 0.6) is 11.6 Å². The third kappa shape index (κ3) is 3.49. The van der Waals surface area contributed by atoms with Crippen molar-refractivity contribution < 1.29 is 4.74 Å². The van der Waals surface area contributed by atoms with Crippen LogP contribution in [0.4, 0.5) is 5.69 Å². The van der Waals surface area contributed by atoms with Crippen LogP contribution >= 0.6 is 0 Å². The van der Waals surface area contributed by atoms with Crippen molar-refractivity contribution in [2.45, 2.75) is 13.3 Å². The molecule has 0 amide bonds. The van der Waals surface area contributed by atoms with Crippen molar-refractivity contribution in [2.75, 3.05) is 31.1 Å². The van der Waals surface area contributed by atoms with E-state index in [0.29, 0.717) is 5.88 Å². The summed E-state index contributed by atoms with van der Waals surface area (Å²) >= 11 is 0. The van der Waals surface area contributed by atoms with Gasteiger partial charge in [-0.25, -0.2) is 9.97 Å². The van der Waals surface area contributed by atoms with Gasteiger partial charge in [-0.2, -0.15) is 0 Å². The molecule has 0 bridgehead atoms. The molecule has 1 N–H and O–H groups in total. The maximum absolute atomic E-state index is 5.78. The lowest BCUT2D eigenvalue weighted by Crippen LogP contribution is -2.43. The van der Waals surface area contributed by atoms with E-state index >= 15 is 0 Å². The molecule has 5 heteroatoms. The first-order valence-electron chi connectivity index (χ1n) is 7.39. The Kier molecular flexibility index (Phi) is 4.31. The molecule has 5 nitrogen and oxygen atoms in total. The Morgan fingerprint density at radius 3 is 2.62 bits per heavy atom. The lowest BCUT2D eigenvalue weighted by Gasteiger charge is -2.29. The molecule has 1 aromatic heterocycles. The third-order valence-electron chi connectivity index (χ3n) is 3.60. The number of aryl methyl sites for hydroxylation is 1. The maximum atomic E-state index is 5.78. The molecule has 1 saturated heterocycles. The van der Waals surface area contributed by atoms with Crippen LogP contribution in [-0.4, -0.2) is 36.1 Å². The van der Waals surface area contributed by atoms with E-state index in [1.807, 2.05) is 18.2 Å². The molecule has 0 saturated carbocycles. The van der Waals surface area contributed by atoms with Crippen molar-refractivity contribution in [2.24, 2.45) is 0 Å². The number of aromatic nitrogens is 2. The van der Waals surface area contributed by atoms with E-state index in [4.69, 9.17) is 4.74 Å². The number of anilines is 1. The molecule has 0 radical (unpaired) electrons. The van der Waals surface area contributed by atoms with Crippen molar-refractivity contribution in [1.29, 1.82) is 0 Å². The second-order valence-electron chi connectivity index (χ2n) is 5.03. The largest absolute Gasteiger partial charge is 0.439 e. The Morgan fingerprint density at radius 2 is 1.90 bits per heavy atom. The molecule has 0 unspecified atom stereocenters. The summed E-state index contributed by atoms with van der Waals surface area (Å²) in [6, 6.07) is 10.1. The molecule has 1 aliphatic heterocycles. The van der Waals surface area contributed by atoms with Gasteiger partial charge >= 0.3 is 0 Å². The maximum Gasteiger partial charge on any atom is 0.222 e. The van der Waals surface area contributed by atoms with Crippen LogP contribution in [0.1, 0.15) is 12.6 Å². The first-order chi connectivity index (χ1) is 10.3. The first-order valence-corrected chi connectivity index (χ1v) is 7.39. The topological polar surface area (TPSA) is 50.3 Å². The van der Waals surface area contributed by atoms with Crippen LogP contribution < -0.4 is 15.0 Å². The first kappa shape index (κ1) is 13.8. The monoisotopic (exact) mass is 284 g/mol. The van der Waals surface area contributed by atoms with Crippen LogP contribution in [0.25, 0.3) is 0 Å². The van der Waals surface area contributed by atoms with Crippen LogP contribution in [0.2, 0.25) is 0 Å². The highest BCUT2D eigenvalue weighted by Crippen LogP contribution is 2.23. The molecule has 21 heavy (non-hydrogen) atoms. The number of hydrogen-bond acceptors (Lipinski definition) is 5. The number of nitrogens with zero attached hydrogens (tertiary/aromatic N) is 3. The Balaban J connectivity index is 1.68. The zero-order valence-electron chi connectivity index (χ0n) is 12.2. The molecule has 2 heterocycles. The number of ether oxygens (including phenoxy) is 1. The number of rotatable bonds is 4. The fourth-order valence-corrected chi connectivity index (χ4v) is 2.39. The van der Waals surface area contributed by atoms with Gasteiger partial charge in [0.1, 0.15) is 12.1 Å². The minimum absolute atomic E-state index is 0.594.